The number of carbonyl (C=O) groups is 1. The number of hydrogen-bond acceptors (Lipinski definition) is 13. The van der Waals surface area contributed by atoms with Gasteiger partial charge in [-0.1, -0.05) is 39.3 Å². The number of ketones is 1. The van der Waals surface area contributed by atoms with E-state index in [0.29, 0.717) is 25.7 Å². The zero-order valence-corrected chi connectivity index (χ0v) is 33.3. The molecule has 310 valence electrons. The number of carbonyl (C=O) groups excluding carboxylic acids is 1. The Hall–Kier alpha value is -1.07. The first kappa shape index (κ1) is 42.5. The van der Waals surface area contributed by atoms with Crippen LogP contribution in [0.1, 0.15) is 106 Å². The molecule has 13 nitrogen and oxygen atoms in total. The standard InChI is InChI=1S/C41H68O13/c1-21(2)9-8-14-40(7,50)29-22-10-11-27-38(5,39(22,6)17-23(29)44)15-12-26-37(3,4)28(13-16-41(26,27)20-43)53-36-33(49)31(47)34(25(18-42)52-36)54-35-32(48)30(46)24(45)19-51-35/h9,22,24-36,42-43,45-50H,8,10-20H2,1-7H3/t22-,24+,25-,26-,27+,28+,29-,30-,31-,32-,33-,34-,35-,36+,38+,39-,40+,41-/m0/s1. The summed E-state index contributed by atoms with van der Waals surface area (Å²) >= 11 is 0. The molecule has 0 bridgehead atoms. The van der Waals surface area contributed by atoms with Crippen LogP contribution in [0.15, 0.2) is 11.6 Å². The van der Waals surface area contributed by atoms with Crippen LogP contribution in [0.5, 0.6) is 0 Å². The van der Waals surface area contributed by atoms with Crippen LogP contribution in [0.4, 0.5) is 0 Å². The molecular formula is C41H68O13. The monoisotopic (exact) mass is 768 g/mol. The van der Waals surface area contributed by atoms with Crippen molar-refractivity contribution in [2.45, 2.75) is 173 Å². The number of hydrogen-bond donors (Lipinski definition) is 8. The topological polar surface area (TPSA) is 216 Å². The maximum atomic E-state index is 14.0. The Morgan fingerprint density at radius 2 is 1.56 bits per heavy atom. The zero-order chi connectivity index (χ0) is 39.8. The predicted molar refractivity (Wildman–Crippen MR) is 195 cm³/mol. The molecule has 6 fully saturated rings. The largest absolute Gasteiger partial charge is 0.396 e. The summed E-state index contributed by atoms with van der Waals surface area (Å²) in [5.41, 5.74) is -1.41. The van der Waals surface area contributed by atoms with Gasteiger partial charge in [-0.3, -0.25) is 4.79 Å². The van der Waals surface area contributed by atoms with Crippen molar-refractivity contribution in [2.24, 2.45) is 45.3 Å². The molecule has 6 aliphatic rings. The molecule has 0 amide bonds. The van der Waals surface area contributed by atoms with E-state index >= 15 is 0 Å². The maximum Gasteiger partial charge on any atom is 0.186 e. The van der Waals surface area contributed by atoms with E-state index in [4.69, 9.17) is 18.9 Å². The van der Waals surface area contributed by atoms with E-state index < -0.39 is 90.4 Å². The summed E-state index contributed by atoms with van der Waals surface area (Å²) in [4.78, 5) is 14.0. The molecule has 0 radical (unpaired) electrons. The molecule has 0 aromatic heterocycles. The summed E-state index contributed by atoms with van der Waals surface area (Å²) in [6, 6.07) is 0. The number of fused-ring (bicyclic) bond motifs is 5. The molecule has 4 saturated carbocycles. The van der Waals surface area contributed by atoms with E-state index in [2.05, 4.69) is 33.8 Å². The highest BCUT2D eigenvalue weighted by molar-refractivity contribution is 5.86. The Labute approximate surface area is 320 Å². The lowest BCUT2D eigenvalue weighted by Crippen LogP contribution is -2.67. The van der Waals surface area contributed by atoms with Crippen molar-refractivity contribution in [1.29, 1.82) is 0 Å². The number of Topliss-reactive ketones (excluding diaryl/α,β-unsaturated/α-hetero) is 1. The minimum atomic E-state index is -1.64. The number of rotatable bonds is 10. The highest BCUT2D eigenvalue weighted by atomic mass is 16.7. The van der Waals surface area contributed by atoms with Crippen molar-refractivity contribution in [3.63, 3.8) is 0 Å². The number of ether oxygens (including phenoxy) is 4. The average molecular weight is 769 g/mol. The first-order valence-corrected chi connectivity index (χ1v) is 20.3. The van der Waals surface area contributed by atoms with Crippen LogP contribution >= 0.6 is 0 Å². The van der Waals surface area contributed by atoms with E-state index in [0.717, 1.165) is 32.1 Å². The summed E-state index contributed by atoms with van der Waals surface area (Å²) in [5.74, 6) is -0.0243. The summed E-state index contributed by atoms with van der Waals surface area (Å²) in [7, 11) is 0. The Bertz CT molecular complexity index is 1380. The fourth-order valence-electron chi connectivity index (χ4n) is 12.9. The van der Waals surface area contributed by atoms with Crippen LogP contribution < -0.4 is 0 Å². The normalized spacial score (nSPS) is 50.0. The lowest BCUT2D eigenvalue weighted by molar-refractivity contribution is -0.361. The minimum Gasteiger partial charge on any atom is -0.396 e. The number of aliphatic hydroxyl groups is 8. The van der Waals surface area contributed by atoms with Crippen molar-refractivity contribution in [2.75, 3.05) is 19.8 Å². The molecule has 4 aliphatic carbocycles. The summed E-state index contributed by atoms with van der Waals surface area (Å²) in [5, 5.41) is 86.3. The van der Waals surface area contributed by atoms with E-state index in [1.807, 2.05) is 20.8 Å². The maximum absolute atomic E-state index is 14.0. The first-order valence-electron chi connectivity index (χ1n) is 20.3. The third-order valence-electron chi connectivity index (χ3n) is 15.9. The lowest BCUT2D eigenvalue weighted by Gasteiger charge is -2.70. The van der Waals surface area contributed by atoms with Gasteiger partial charge in [0, 0.05) is 24.4 Å². The van der Waals surface area contributed by atoms with Gasteiger partial charge < -0.3 is 59.8 Å². The van der Waals surface area contributed by atoms with Crippen LogP contribution in [0.25, 0.3) is 0 Å². The molecule has 8 N–H and O–H groups in total. The molecule has 13 heteroatoms. The van der Waals surface area contributed by atoms with Gasteiger partial charge in [0.25, 0.3) is 0 Å². The van der Waals surface area contributed by atoms with Crippen LogP contribution in [0.2, 0.25) is 0 Å². The zero-order valence-electron chi connectivity index (χ0n) is 33.3. The molecule has 18 atom stereocenters. The van der Waals surface area contributed by atoms with Crippen LogP contribution in [-0.2, 0) is 23.7 Å². The van der Waals surface area contributed by atoms with E-state index in [-0.39, 0.29) is 47.6 Å². The van der Waals surface area contributed by atoms with Gasteiger partial charge in [-0.15, -0.1) is 0 Å². The van der Waals surface area contributed by atoms with Crippen molar-refractivity contribution in [1.82, 2.24) is 0 Å². The number of allylic oxidation sites excluding steroid dienone is 2. The second kappa shape index (κ2) is 15.3. The van der Waals surface area contributed by atoms with Gasteiger partial charge in [0.15, 0.2) is 12.6 Å². The van der Waals surface area contributed by atoms with Crippen LogP contribution in [-0.4, -0.2) is 133 Å². The Balaban J connectivity index is 1.18. The van der Waals surface area contributed by atoms with Crippen molar-refractivity contribution in [3.05, 3.63) is 11.6 Å². The van der Waals surface area contributed by atoms with Crippen LogP contribution in [0.3, 0.4) is 0 Å². The van der Waals surface area contributed by atoms with Crippen molar-refractivity contribution >= 4 is 5.78 Å². The molecular weight excluding hydrogens is 700 g/mol. The van der Waals surface area contributed by atoms with Gasteiger partial charge in [-0.05, 0) is 106 Å². The van der Waals surface area contributed by atoms with E-state index in [9.17, 15) is 45.6 Å². The molecule has 2 heterocycles. The van der Waals surface area contributed by atoms with E-state index in [1.165, 1.54) is 5.57 Å². The minimum absolute atomic E-state index is 0.000298. The highest BCUT2D eigenvalue weighted by Gasteiger charge is 2.72. The Morgan fingerprint density at radius 3 is 2.20 bits per heavy atom. The van der Waals surface area contributed by atoms with Gasteiger partial charge in [-0.25, -0.2) is 0 Å². The van der Waals surface area contributed by atoms with Gasteiger partial charge in [0.05, 0.1) is 24.9 Å². The van der Waals surface area contributed by atoms with E-state index in [1.54, 1.807) is 0 Å². The average Bonchev–Trinajstić information content (AvgIpc) is 3.39. The van der Waals surface area contributed by atoms with Crippen LogP contribution in [0, 0.1) is 45.3 Å². The molecule has 2 aliphatic heterocycles. The Kier molecular flexibility index (Phi) is 12.0. The molecule has 0 spiro atoms. The lowest BCUT2D eigenvalue weighted by atomic mass is 9.35. The molecule has 0 unspecified atom stereocenters. The Morgan fingerprint density at radius 1 is 0.870 bits per heavy atom. The quantitative estimate of drug-likeness (QED) is 0.118. The van der Waals surface area contributed by atoms with Gasteiger partial charge >= 0.3 is 0 Å². The molecule has 6 rings (SSSR count). The third kappa shape index (κ3) is 6.77. The highest BCUT2D eigenvalue weighted by Crippen LogP contribution is 2.75. The molecule has 0 aromatic carbocycles. The van der Waals surface area contributed by atoms with Gasteiger partial charge in [-0.2, -0.15) is 0 Å². The smallest absolute Gasteiger partial charge is 0.186 e. The molecule has 54 heavy (non-hydrogen) atoms. The van der Waals surface area contributed by atoms with Gasteiger partial charge in [0.2, 0.25) is 0 Å². The number of aliphatic hydroxyl groups excluding tert-OH is 7. The van der Waals surface area contributed by atoms with Gasteiger partial charge in [0.1, 0.15) is 48.5 Å². The fourth-order valence-corrected chi connectivity index (χ4v) is 12.9. The SMILES string of the molecule is CC(C)=CCC[C@@](C)(O)[C@@H]1C(=O)C[C@@]2(C)[C@H]1CC[C@H]1[C@]3(CO)CC[C@@H](O[C@H]4O[C@@H](CO)[C@H](O[C@@H]5OC[C@@H](O)[C@H](O)[C@@H]5O)[C@@H](O)[C@@H]4O)C(C)(C)[C@@H]3CC[C@]12C. The predicted octanol–water partition coefficient (Wildman–Crippen LogP) is 1.97. The van der Waals surface area contributed by atoms with Crippen molar-refractivity contribution in [3.8, 4) is 0 Å². The summed E-state index contributed by atoms with van der Waals surface area (Å²) in [6.07, 6.45) is -5.08. The second-order valence-electron chi connectivity index (χ2n) is 19.4. The first-order chi connectivity index (χ1) is 25.2. The summed E-state index contributed by atoms with van der Waals surface area (Å²) in [6.45, 7) is 13.9. The van der Waals surface area contributed by atoms with Crippen molar-refractivity contribution < 1.29 is 64.6 Å². The third-order valence-corrected chi connectivity index (χ3v) is 15.9. The molecule has 2 saturated heterocycles. The second-order valence-corrected chi connectivity index (χ2v) is 19.4. The summed E-state index contributed by atoms with van der Waals surface area (Å²) < 4.78 is 23.6. The fraction of sp³-hybridized carbons (Fsp3) is 0.927. The molecule has 0 aromatic rings.